The van der Waals surface area contributed by atoms with Gasteiger partial charge in [0.1, 0.15) is 12.4 Å². The van der Waals surface area contributed by atoms with Crippen LogP contribution in [0.25, 0.3) is 0 Å². The first kappa shape index (κ1) is 9.15. The fourth-order valence-electron chi connectivity index (χ4n) is 1.04. The molecule has 0 amide bonds. The molecule has 5 nitrogen and oxygen atoms in total. The molecule has 1 heterocycles. The molecule has 0 bridgehead atoms. The molecule has 0 fully saturated rings. The molecule has 0 saturated heterocycles. The standard InChI is InChI=1S/C7H14N4O/c1-2-3-11-5-9-10-7(11)6(12)4-8/h5-6,12H,2-4,8H2,1H3/t6-/m0/s1. The van der Waals surface area contributed by atoms with Gasteiger partial charge in [0.15, 0.2) is 5.82 Å². The van der Waals surface area contributed by atoms with Crippen molar-refractivity contribution in [1.82, 2.24) is 14.8 Å². The summed E-state index contributed by atoms with van der Waals surface area (Å²) in [5, 5.41) is 16.9. The average Bonchev–Trinajstić information content (AvgIpc) is 2.52. The van der Waals surface area contributed by atoms with Crippen LogP contribution in [0.4, 0.5) is 0 Å². The van der Waals surface area contributed by atoms with Crippen LogP contribution in [0.3, 0.4) is 0 Å². The summed E-state index contributed by atoms with van der Waals surface area (Å²) in [5.74, 6) is 0.555. The van der Waals surface area contributed by atoms with E-state index >= 15 is 0 Å². The van der Waals surface area contributed by atoms with E-state index in [1.54, 1.807) is 6.33 Å². The highest BCUT2D eigenvalue weighted by Gasteiger charge is 2.11. The van der Waals surface area contributed by atoms with Gasteiger partial charge in [0, 0.05) is 13.1 Å². The van der Waals surface area contributed by atoms with Gasteiger partial charge in [0.2, 0.25) is 0 Å². The second-order valence-electron chi connectivity index (χ2n) is 2.63. The molecule has 0 saturated carbocycles. The number of nitrogens with two attached hydrogens (primary N) is 1. The predicted octanol–water partition coefficient (Wildman–Crippen LogP) is -0.320. The van der Waals surface area contributed by atoms with Gasteiger partial charge in [-0.3, -0.25) is 0 Å². The van der Waals surface area contributed by atoms with E-state index in [-0.39, 0.29) is 6.54 Å². The number of hydrogen-bond acceptors (Lipinski definition) is 4. The van der Waals surface area contributed by atoms with Gasteiger partial charge in [-0.25, -0.2) is 0 Å². The number of aliphatic hydroxyl groups is 1. The molecule has 0 unspecified atom stereocenters. The average molecular weight is 170 g/mol. The van der Waals surface area contributed by atoms with E-state index in [1.165, 1.54) is 0 Å². The second kappa shape index (κ2) is 4.18. The highest BCUT2D eigenvalue weighted by Crippen LogP contribution is 2.07. The van der Waals surface area contributed by atoms with Crippen LogP contribution in [-0.2, 0) is 6.54 Å². The van der Waals surface area contributed by atoms with Crippen LogP contribution in [0.15, 0.2) is 6.33 Å². The van der Waals surface area contributed by atoms with Crippen molar-refractivity contribution in [2.45, 2.75) is 26.0 Å². The van der Waals surface area contributed by atoms with Crippen LogP contribution in [0.1, 0.15) is 25.3 Å². The molecule has 0 radical (unpaired) electrons. The van der Waals surface area contributed by atoms with Gasteiger partial charge in [-0.2, -0.15) is 0 Å². The maximum absolute atomic E-state index is 9.38. The van der Waals surface area contributed by atoms with Crippen molar-refractivity contribution in [3.05, 3.63) is 12.2 Å². The van der Waals surface area contributed by atoms with Gasteiger partial charge >= 0.3 is 0 Å². The molecule has 0 aromatic carbocycles. The molecular formula is C7H14N4O. The monoisotopic (exact) mass is 170 g/mol. The predicted molar refractivity (Wildman–Crippen MR) is 44.3 cm³/mol. The van der Waals surface area contributed by atoms with Crippen molar-refractivity contribution in [3.8, 4) is 0 Å². The maximum Gasteiger partial charge on any atom is 0.163 e. The van der Waals surface area contributed by atoms with Crippen LogP contribution in [0, 0.1) is 0 Å². The molecule has 0 aliphatic heterocycles. The third kappa shape index (κ3) is 1.80. The lowest BCUT2D eigenvalue weighted by molar-refractivity contribution is 0.171. The number of hydrogen-bond donors (Lipinski definition) is 2. The van der Waals surface area contributed by atoms with Gasteiger partial charge in [-0.1, -0.05) is 6.92 Å². The van der Waals surface area contributed by atoms with Gasteiger partial charge in [-0.15, -0.1) is 10.2 Å². The Morgan fingerprint density at radius 1 is 1.75 bits per heavy atom. The molecule has 0 spiro atoms. The lowest BCUT2D eigenvalue weighted by Crippen LogP contribution is -2.16. The first-order valence-electron chi connectivity index (χ1n) is 4.05. The van der Waals surface area contributed by atoms with Crippen molar-refractivity contribution in [1.29, 1.82) is 0 Å². The van der Waals surface area contributed by atoms with E-state index in [0.29, 0.717) is 5.82 Å². The molecule has 0 aliphatic carbocycles. The van der Waals surface area contributed by atoms with Gasteiger partial charge in [0.25, 0.3) is 0 Å². The van der Waals surface area contributed by atoms with E-state index < -0.39 is 6.10 Å². The van der Waals surface area contributed by atoms with Gasteiger partial charge in [0.05, 0.1) is 0 Å². The molecule has 12 heavy (non-hydrogen) atoms. The van der Waals surface area contributed by atoms with E-state index in [1.807, 2.05) is 4.57 Å². The molecule has 3 N–H and O–H groups in total. The fraction of sp³-hybridized carbons (Fsp3) is 0.714. The van der Waals surface area contributed by atoms with Gasteiger partial charge < -0.3 is 15.4 Å². The maximum atomic E-state index is 9.38. The van der Waals surface area contributed by atoms with Gasteiger partial charge in [-0.05, 0) is 6.42 Å². The Morgan fingerprint density at radius 3 is 3.08 bits per heavy atom. The Morgan fingerprint density at radius 2 is 2.50 bits per heavy atom. The van der Waals surface area contributed by atoms with Crippen LogP contribution >= 0.6 is 0 Å². The number of nitrogens with zero attached hydrogens (tertiary/aromatic N) is 3. The molecule has 68 valence electrons. The van der Waals surface area contributed by atoms with Crippen LogP contribution < -0.4 is 5.73 Å². The number of rotatable bonds is 4. The zero-order valence-electron chi connectivity index (χ0n) is 7.14. The highest BCUT2D eigenvalue weighted by molar-refractivity contribution is 4.91. The summed E-state index contributed by atoms with van der Waals surface area (Å²) in [6, 6.07) is 0. The minimum atomic E-state index is -0.695. The number of aliphatic hydroxyl groups excluding tert-OH is 1. The molecule has 1 aromatic rings. The molecule has 1 rings (SSSR count). The van der Waals surface area contributed by atoms with Crippen molar-refractivity contribution >= 4 is 0 Å². The lowest BCUT2D eigenvalue weighted by atomic mass is 10.3. The van der Waals surface area contributed by atoms with E-state index in [4.69, 9.17) is 5.73 Å². The van der Waals surface area contributed by atoms with Crippen LogP contribution in [0.2, 0.25) is 0 Å². The molecule has 0 aliphatic rings. The Hall–Kier alpha value is -0.940. The van der Waals surface area contributed by atoms with Crippen LogP contribution in [-0.4, -0.2) is 26.4 Å². The summed E-state index contributed by atoms with van der Waals surface area (Å²) in [5.41, 5.74) is 5.30. The van der Waals surface area contributed by atoms with E-state index in [0.717, 1.165) is 13.0 Å². The minimum Gasteiger partial charge on any atom is -0.384 e. The highest BCUT2D eigenvalue weighted by atomic mass is 16.3. The van der Waals surface area contributed by atoms with E-state index in [9.17, 15) is 5.11 Å². The topological polar surface area (TPSA) is 77.0 Å². The Balaban J connectivity index is 2.76. The minimum absolute atomic E-state index is 0.183. The molecule has 5 heteroatoms. The zero-order valence-corrected chi connectivity index (χ0v) is 7.14. The number of aromatic nitrogens is 3. The summed E-state index contributed by atoms with van der Waals surface area (Å²) >= 11 is 0. The van der Waals surface area contributed by atoms with E-state index in [2.05, 4.69) is 17.1 Å². The van der Waals surface area contributed by atoms with Crippen molar-refractivity contribution in [2.75, 3.05) is 6.54 Å². The first-order valence-corrected chi connectivity index (χ1v) is 4.05. The molecule has 1 atom stereocenters. The smallest absolute Gasteiger partial charge is 0.163 e. The lowest BCUT2D eigenvalue weighted by Gasteiger charge is -2.08. The summed E-state index contributed by atoms with van der Waals surface area (Å²) in [6.45, 7) is 3.06. The van der Waals surface area contributed by atoms with Crippen molar-refractivity contribution in [3.63, 3.8) is 0 Å². The molecule has 1 aromatic heterocycles. The third-order valence-corrected chi connectivity index (χ3v) is 1.63. The normalized spacial score (nSPS) is 13.2. The Bertz CT molecular complexity index is 235. The summed E-state index contributed by atoms with van der Waals surface area (Å²) in [6.07, 6.45) is 1.90. The third-order valence-electron chi connectivity index (χ3n) is 1.63. The Kier molecular flexibility index (Phi) is 3.19. The number of aryl methyl sites for hydroxylation is 1. The largest absolute Gasteiger partial charge is 0.384 e. The summed E-state index contributed by atoms with van der Waals surface area (Å²) in [4.78, 5) is 0. The van der Waals surface area contributed by atoms with Crippen molar-refractivity contribution < 1.29 is 5.11 Å². The SMILES string of the molecule is CCCn1cnnc1[C@@H](O)CN. The zero-order chi connectivity index (χ0) is 8.97. The first-order chi connectivity index (χ1) is 5.79. The van der Waals surface area contributed by atoms with Crippen molar-refractivity contribution in [2.24, 2.45) is 5.73 Å². The second-order valence-corrected chi connectivity index (χ2v) is 2.63. The fourth-order valence-corrected chi connectivity index (χ4v) is 1.04. The van der Waals surface area contributed by atoms with Crippen LogP contribution in [0.5, 0.6) is 0 Å². The summed E-state index contributed by atoms with van der Waals surface area (Å²) in [7, 11) is 0. The summed E-state index contributed by atoms with van der Waals surface area (Å²) < 4.78 is 1.82. The quantitative estimate of drug-likeness (QED) is 0.649. The Labute approximate surface area is 71.2 Å². The molecular weight excluding hydrogens is 156 g/mol.